The number of aromatic nitrogens is 1. The molecule has 1 aromatic rings. The van der Waals surface area contributed by atoms with Crippen molar-refractivity contribution in [1.29, 1.82) is 0 Å². The van der Waals surface area contributed by atoms with Crippen LogP contribution in [0.25, 0.3) is 0 Å². The summed E-state index contributed by atoms with van der Waals surface area (Å²) in [5, 5.41) is 0. The number of sulfonamides is 1. The molecule has 0 amide bonds. The lowest BCUT2D eigenvalue weighted by molar-refractivity contribution is 0.174. The van der Waals surface area contributed by atoms with Crippen LogP contribution in [0, 0.1) is 5.41 Å². The van der Waals surface area contributed by atoms with E-state index in [1.807, 2.05) is 0 Å². The van der Waals surface area contributed by atoms with Crippen LogP contribution in [0.3, 0.4) is 0 Å². The summed E-state index contributed by atoms with van der Waals surface area (Å²) in [4.78, 5) is 3.21. The Hall–Kier alpha value is -0.850. The van der Waals surface area contributed by atoms with E-state index < -0.39 is 10.0 Å². The highest BCUT2D eigenvalue weighted by molar-refractivity contribution is 7.89. The Morgan fingerprint density at radius 2 is 2.00 bits per heavy atom. The molecule has 2 rings (SSSR count). The van der Waals surface area contributed by atoms with Crippen molar-refractivity contribution in [3.8, 4) is 0 Å². The van der Waals surface area contributed by atoms with E-state index in [1.54, 1.807) is 13.1 Å². The molecule has 3 N–H and O–H groups in total. The number of H-pyrrole nitrogens is 1. The number of hydrogen-bond acceptors (Lipinski definition) is 3. The number of nitrogens with one attached hydrogen (secondary N) is 1. The summed E-state index contributed by atoms with van der Waals surface area (Å²) in [6, 6.07) is 1.72. The first-order valence-electron chi connectivity index (χ1n) is 7.12. The van der Waals surface area contributed by atoms with E-state index in [9.17, 15) is 8.42 Å². The van der Waals surface area contributed by atoms with Crippen LogP contribution >= 0.6 is 0 Å². The maximum absolute atomic E-state index is 12.6. The maximum atomic E-state index is 12.6. The van der Waals surface area contributed by atoms with Crippen molar-refractivity contribution in [3.05, 3.63) is 18.0 Å². The van der Waals surface area contributed by atoms with Crippen molar-refractivity contribution < 1.29 is 8.42 Å². The number of hydrogen-bond donors (Lipinski definition) is 2. The molecule has 6 heteroatoms. The Kier molecular flexibility index (Phi) is 4.27. The number of rotatable bonds is 4. The topological polar surface area (TPSA) is 79.2 Å². The van der Waals surface area contributed by atoms with Crippen LogP contribution in [0.15, 0.2) is 17.2 Å². The molecule has 0 aliphatic heterocycles. The second-order valence-corrected chi connectivity index (χ2v) is 8.48. The predicted octanol–water partition coefficient (Wildman–Crippen LogP) is 2.06. The summed E-state index contributed by atoms with van der Waals surface area (Å²) in [5.41, 5.74) is 6.59. The monoisotopic (exact) mass is 299 g/mol. The minimum absolute atomic E-state index is 0.101. The van der Waals surface area contributed by atoms with E-state index in [4.69, 9.17) is 5.73 Å². The van der Waals surface area contributed by atoms with Crippen molar-refractivity contribution in [1.82, 2.24) is 9.29 Å². The Labute approximate surface area is 121 Å². The van der Waals surface area contributed by atoms with Crippen LogP contribution in [-0.2, 0) is 16.6 Å². The molecule has 0 bridgehead atoms. The fourth-order valence-electron chi connectivity index (χ4n) is 2.80. The van der Waals surface area contributed by atoms with E-state index in [1.165, 1.54) is 10.5 Å². The van der Waals surface area contributed by atoms with E-state index in [0.717, 1.165) is 31.4 Å². The fourth-order valence-corrected chi connectivity index (χ4v) is 4.23. The van der Waals surface area contributed by atoms with Gasteiger partial charge in [0.25, 0.3) is 0 Å². The first-order chi connectivity index (χ1) is 9.26. The van der Waals surface area contributed by atoms with Crippen molar-refractivity contribution in [2.24, 2.45) is 11.1 Å². The van der Waals surface area contributed by atoms with Gasteiger partial charge in [0.15, 0.2) is 0 Å². The van der Waals surface area contributed by atoms with Gasteiger partial charge in [-0.25, -0.2) is 8.42 Å². The summed E-state index contributed by atoms with van der Waals surface area (Å²) in [5.74, 6) is 0. The van der Waals surface area contributed by atoms with Crippen molar-refractivity contribution in [2.45, 2.75) is 57.0 Å². The lowest BCUT2D eigenvalue weighted by atomic mass is 9.76. The van der Waals surface area contributed by atoms with Crippen LogP contribution in [-0.4, -0.2) is 30.8 Å². The zero-order valence-electron chi connectivity index (χ0n) is 12.5. The Bertz CT molecular complexity index is 553. The van der Waals surface area contributed by atoms with Gasteiger partial charge in [0.05, 0.1) is 4.90 Å². The molecule has 114 valence electrons. The highest BCUT2D eigenvalue weighted by Gasteiger charge is 2.34. The lowest BCUT2D eigenvalue weighted by Gasteiger charge is -2.37. The molecule has 5 nitrogen and oxygen atoms in total. The molecule has 0 aromatic carbocycles. The molecular formula is C14H25N3O2S. The number of nitrogens with zero attached hydrogens (tertiary/aromatic N) is 1. The predicted molar refractivity (Wildman–Crippen MR) is 79.7 cm³/mol. The molecule has 20 heavy (non-hydrogen) atoms. The Morgan fingerprint density at radius 1 is 1.40 bits per heavy atom. The second-order valence-electron chi connectivity index (χ2n) is 6.48. The number of aromatic amines is 1. The first-order valence-corrected chi connectivity index (χ1v) is 8.56. The smallest absolute Gasteiger partial charge is 0.244 e. The minimum Gasteiger partial charge on any atom is -0.363 e. The third kappa shape index (κ3) is 3.07. The number of nitrogens with two attached hydrogens (primary N) is 1. The Morgan fingerprint density at radius 3 is 2.50 bits per heavy atom. The second kappa shape index (κ2) is 5.50. The minimum atomic E-state index is -3.42. The van der Waals surface area contributed by atoms with Gasteiger partial charge in [0.2, 0.25) is 10.0 Å². The zero-order valence-corrected chi connectivity index (χ0v) is 13.3. The molecular weight excluding hydrogens is 274 g/mol. The lowest BCUT2D eigenvalue weighted by Crippen LogP contribution is -2.40. The molecule has 0 unspecified atom stereocenters. The van der Waals surface area contributed by atoms with Crippen LogP contribution in [0.4, 0.5) is 0 Å². The highest BCUT2D eigenvalue weighted by atomic mass is 32.2. The summed E-state index contributed by atoms with van der Waals surface area (Å²) < 4.78 is 26.7. The van der Waals surface area contributed by atoms with E-state index in [-0.39, 0.29) is 6.04 Å². The largest absolute Gasteiger partial charge is 0.363 e. The molecule has 0 atom stereocenters. The maximum Gasteiger partial charge on any atom is 0.244 e. The Balaban J connectivity index is 2.13. The van der Waals surface area contributed by atoms with Gasteiger partial charge in [0, 0.05) is 31.5 Å². The average molecular weight is 299 g/mol. The SMILES string of the molecule is CN(C1CCC(C)(C)CC1)S(=O)(=O)c1c[nH]c(CN)c1. The van der Waals surface area contributed by atoms with Gasteiger partial charge >= 0.3 is 0 Å². The molecule has 0 saturated heterocycles. The third-order valence-electron chi connectivity index (χ3n) is 4.44. The standard InChI is InChI=1S/C14H25N3O2S/c1-14(2)6-4-12(5-7-14)17(3)20(18,19)13-8-11(9-15)16-10-13/h8,10,12,16H,4-7,9,15H2,1-3H3. The normalized spacial score (nSPS) is 20.4. The first kappa shape index (κ1) is 15.5. The summed E-state index contributed by atoms with van der Waals surface area (Å²) in [6.07, 6.45) is 5.52. The van der Waals surface area contributed by atoms with E-state index >= 15 is 0 Å². The highest BCUT2D eigenvalue weighted by Crippen LogP contribution is 2.37. The molecule has 0 spiro atoms. The molecule has 1 aliphatic rings. The van der Waals surface area contributed by atoms with Crippen LogP contribution in [0.1, 0.15) is 45.2 Å². The molecule has 1 fully saturated rings. The van der Waals surface area contributed by atoms with Gasteiger partial charge in [-0.2, -0.15) is 4.31 Å². The third-order valence-corrected chi connectivity index (χ3v) is 6.32. The van der Waals surface area contributed by atoms with Crippen molar-refractivity contribution in [3.63, 3.8) is 0 Å². The summed E-state index contributed by atoms with van der Waals surface area (Å²) in [7, 11) is -1.73. The van der Waals surface area contributed by atoms with Gasteiger partial charge in [-0.05, 0) is 37.2 Å². The molecule has 1 saturated carbocycles. The summed E-state index contributed by atoms with van der Waals surface area (Å²) >= 11 is 0. The van der Waals surface area contributed by atoms with E-state index in [2.05, 4.69) is 18.8 Å². The molecule has 1 aromatic heterocycles. The van der Waals surface area contributed by atoms with Crippen molar-refractivity contribution >= 4 is 10.0 Å². The van der Waals surface area contributed by atoms with Gasteiger partial charge in [0.1, 0.15) is 0 Å². The molecule has 0 radical (unpaired) electrons. The van der Waals surface area contributed by atoms with Crippen LogP contribution in [0.5, 0.6) is 0 Å². The van der Waals surface area contributed by atoms with Crippen LogP contribution < -0.4 is 5.73 Å². The van der Waals surface area contributed by atoms with E-state index in [0.29, 0.717) is 16.9 Å². The average Bonchev–Trinajstić information content (AvgIpc) is 2.87. The van der Waals surface area contributed by atoms with Gasteiger partial charge in [-0.3, -0.25) is 0 Å². The van der Waals surface area contributed by atoms with Gasteiger partial charge < -0.3 is 10.7 Å². The summed E-state index contributed by atoms with van der Waals surface area (Å²) in [6.45, 7) is 4.81. The molecule has 1 heterocycles. The van der Waals surface area contributed by atoms with Gasteiger partial charge in [-0.1, -0.05) is 13.8 Å². The van der Waals surface area contributed by atoms with Crippen LogP contribution in [0.2, 0.25) is 0 Å². The quantitative estimate of drug-likeness (QED) is 0.893. The molecule has 1 aliphatic carbocycles. The zero-order chi connectivity index (χ0) is 15.0. The van der Waals surface area contributed by atoms with Crippen molar-refractivity contribution in [2.75, 3.05) is 7.05 Å². The fraction of sp³-hybridized carbons (Fsp3) is 0.714. The van der Waals surface area contributed by atoms with Gasteiger partial charge in [-0.15, -0.1) is 0 Å².